The summed E-state index contributed by atoms with van der Waals surface area (Å²) in [7, 11) is 0. The molecule has 1 aromatic heterocycles. The fraction of sp³-hybridized carbons (Fsp3) is 0.308. The van der Waals surface area contributed by atoms with Gasteiger partial charge >= 0.3 is 0 Å². The third-order valence-electron chi connectivity index (χ3n) is 3.39. The largest absolute Gasteiger partial charge is 0.330 e. The summed E-state index contributed by atoms with van der Waals surface area (Å²) in [5.74, 6) is 0. The Balaban J connectivity index is 2.14. The van der Waals surface area contributed by atoms with Gasteiger partial charge in [0.05, 0.1) is 5.52 Å². The van der Waals surface area contributed by atoms with Crippen molar-refractivity contribution in [3.8, 4) is 0 Å². The molecule has 0 unspecified atom stereocenters. The molecular formula is C13H14N2. The Morgan fingerprint density at radius 2 is 1.93 bits per heavy atom. The molecule has 1 fully saturated rings. The van der Waals surface area contributed by atoms with Crippen LogP contribution in [0.2, 0.25) is 0 Å². The van der Waals surface area contributed by atoms with Crippen LogP contribution in [0, 0.1) is 0 Å². The predicted molar refractivity (Wildman–Crippen MR) is 61.7 cm³/mol. The van der Waals surface area contributed by atoms with Crippen LogP contribution in [-0.4, -0.2) is 11.5 Å². The van der Waals surface area contributed by atoms with Gasteiger partial charge in [0.25, 0.3) is 0 Å². The number of hydrogen-bond donors (Lipinski definition) is 1. The number of benzene rings is 1. The van der Waals surface area contributed by atoms with Gasteiger partial charge in [0.2, 0.25) is 0 Å². The Morgan fingerprint density at radius 3 is 2.67 bits per heavy atom. The number of hydrogen-bond acceptors (Lipinski definition) is 2. The summed E-state index contributed by atoms with van der Waals surface area (Å²) in [5.41, 5.74) is 8.25. The highest BCUT2D eigenvalue weighted by atomic mass is 14.8. The summed E-state index contributed by atoms with van der Waals surface area (Å²) in [6.45, 7) is 0.721. The smallest absolute Gasteiger partial charge is 0.0705 e. The van der Waals surface area contributed by atoms with E-state index in [0.29, 0.717) is 0 Å². The fourth-order valence-corrected chi connectivity index (χ4v) is 2.08. The van der Waals surface area contributed by atoms with E-state index in [4.69, 9.17) is 10.7 Å². The van der Waals surface area contributed by atoms with Gasteiger partial charge in [0.1, 0.15) is 0 Å². The van der Waals surface area contributed by atoms with E-state index >= 15 is 0 Å². The van der Waals surface area contributed by atoms with Crippen LogP contribution in [-0.2, 0) is 5.41 Å². The van der Waals surface area contributed by atoms with Gasteiger partial charge in [-0.1, -0.05) is 24.3 Å². The fourth-order valence-electron chi connectivity index (χ4n) is 2.08. The van der Waals surface area contributed by atoms with Crippen molar-refractivity contribution in [2.24, 2.45) is 5.73 Å². The third-order valence-corrected chi connectivity index (χ3v) is 3.39. The highest BCUT2D eigenvalue weighted by Gasteiger charge is 2.44. The molecule has 0 aliphatic heterocycles. The second kappa shape index (κ2) is 3.04. The number of pyridine rings is 1. The SMILES string of the molecule is NCC1(c2ccc3ccccc3n2)CC1. The van der Waals surface area contributed by atoms with Gasteiger partial charge < -0.3 is 5.73 Å². The standard InChI is InChI=1S/C13H14N2/c14-9-13(7-8-13)12-6-5-10-3-1-2-4-11(10)15-12/h1-6H,7-9,14H2. The van der Waals surface area contributed by atoms with Crippen molar-refractivity contribution >= 4 is 10.9 Å². The quantitative estimate of drug-likeness (QED) is 0.803. The summed E-state index contributed by atoms with van der Waals surface area (Å²) < 4.78 is 0. The van der Waals surface area contributed by atoms with E-state index in [9.17, 15) is 0 Å². The second-order valence-electron chi connectivity index (χ2n) is 4.37. The van der Waals surface area contributed by atoms with Crippen molar-refractivity contribution in [1.82, 2.24) is 4.98 Å². The van der Waals surface area contributed by atoms with Gasteiger partial charge in [-0.25, -0.2) is 0 Å². The first-order chi connectivity index (χ1) is 7.34. The molecule has 0 radical (unpaired) electrons. The van der Waals surface area contributed by atoms with Gasteiger partial charge in [0.15, 0.2) is 0 Å². The lowest BCUT2D eigenvalue weighted by atomic mass is 10.0. The molecule has 1 aromatic carbocycles. The first-order valence-corrected chi connectivity index (χ1v) is 5.40. The molecule has 0 atom stereocenters. The average Bonchev–Trinajstić information content (AvgIpc) is 3.09. The average molecular weight is 198 g/mol. The normalized spacial score (nSPS) is 17.9. The van der Waals surface area contributed by atoms with Crippen LogP contribution in [0.1, 0.15) is 18.5 Å². The van der Waals surface area contributed by atoms with Gasteiger partial charge in [-0.05, 0) is 25.0 Å². The maximum absolute atomic E-state index is 5.80. The molecule has 2 heteroatoms. The number of nitrogens with zero attached hydrogens (tertiary/aromatic N) is 1. The second-order valence-corrected chi connectivity index (χ2v) is 4.37. The van der Waals surface area contributed by atoms with Crippen LogP contribution in [0.4, 0.5) is 0 Å². The molecular weight excluding hydrogens is 184 g/mol. The molecule has 1 heterocycles. The number of fused-ring (bicyclic) bond motifs is 1. The van der Waals surface area contributed by atoms with E-state index in [1.54, 1.807) is 0 Å². The Hall–Kier alpha value is -1.41. The molecule has 1 aliphatic carbocycles. The van der Waals surface area contributed by atoms with E-state index in [1.807, 2.05) is 12.1 Å². The van der Waals surface area contributed by atoms with Crippen LogP contribution >= 0.6 is 0 Å². The Labute approximate surface area is 89.1 Å². The molecule has 0 amide bonds. The zero-order chi connectivity index (χ0) is 10.3. The van der Waals surface area contributed by atoms with Crippen molar-refractivity contribution in [3.05, 3.63) is 42.1 Å². The molecule has 2 aromatic rings. The predicted octanol–water partition coefficient (Wildman–Crippen LogP) is 2.23. The minimum atomic E-state index is 0.198. The van der Waals surface area contributed by atoms with Crippen LogP contribution in [0.15, 0.2) is 36.4 Å². The summed E-state index contributed by atoms with van der Waals surface area (Å²) in [6, 6.07) is 12.5. The maximum Gasteiger partial charge on any atom is 0.0705 e. The van der Waals surface area contributed by atoms with Crippen molar-refractivity contribution in [1.29, 1.82) is 0 Å². The molecule has 2 nitrogen and oxygen atoms in total. The minimum Gasteiger partial charge on any atom is -0.330 e. The summed E-state index contributed by atoms with van der Waals surface area (Å²) in [6.07, 6.45) is 2.38. The monoisotopic (exact) mass is 198 g/mol. The lowest BCUT2D eigenvalue weighted by Crippen LogP contribution is -2.20. The van der Waals surface area contributed by atoms with Gasteiger partial charge in [-0.3, -0.25) is 4.98 Å². The number of rotatable bonds is 2. The van der Waals surface area contributed by atoms with Crippen LogP contribution < -0.4 is 5.73 Å². The van der Waals surface area contributed by atoms with E-state index in [2.05, 4.69) is 24.3 Å². The number of aromatic nitrogens is 1. The molecule has 15 heavy (non-hydrogen) atoms. The van der Waals surface area contributed by atoms with Crippen molar-refractivity contribution in [2.45, 2.75) is 18.3 Å². The van der Waals surface area contributed by atoms with Crippen LogP contribution in [0.3, 0.4) is 0 Å². The zero-order valence-corrected chi connectivity index (χ0v) is 8.61. The van der Waals surface area contributed by atoms with Crippen molar-refractivity contribution < 1.29 is 0 Å². The lowest BCUT2D eigenvalue weighted by molar-refractivity contribution is 0.682. The highest BCUT2D eigenvalue weighted by molar-refractivity contribution is 5.78. The summed E-state index contributed by atoms with van der Waals surface area (Å²) >= 11 is 0. The van der Waals surface area contributed by atoms with Crippen LogP contribution in [0.5, 0.6) is 0 Å². The van der Waals surface area contributed by atoms with Gasteiger partial charge in [0, 0.05) is 23.0 Å². The van der Waals surface area contributed by atoms with Crippen molar-refractivity contribution in [3.63, 3.8) is 0 Å². The Bertz CT molecular complexity index is 501. The summed E-state index contributed by atoms with van der Waals surface area (Å²) in [4.78, 5) is 4.70. The Kier molecular flexibility index (Phi) is 1.80. The van der Waals surface area contributed by atoms with E-state index in [1.165, 1.54) is 23.9 Å². The highest BCUT2D eigenvalue weighted by Crippen LogP contribution is 2.46. The van der Waals surface area contributed by atoms with E-state index in [0.717, 1.165) is 12.1 Å². The molecule has 2 N–H and O–H groups in total. The number of nitrogens with two attached hydrogens (primary N) is 1. The third kappa shape index (κ3) is 1.33. The molecule has 0 spiro atoms. The molecule has 76 valence electrons. The van der Waals surface area contributed by atoms with E-state index < -0.39 is 0 Å². The molecule has 0 saturated heterocycles. The topological polar surface area (TPSA) is 38.9 Å². The molecule has 1 aliphatic rings. The molecule has 1 saturated carbocycles. The number of para-hydroxylation sites is 1. The first-order valence-electron chi connectivity index (χ1n) is 5.40. The molecule has 0 bridgehead atoms. The zero-order valence-electron chi connectivity index (χ0n) is 8.61. The first kappa shape index (κ1) is 8.86. The van der Waals surface area contributed by atoms with Gasteiger partial charge in [-0.2, -0.15) is 0 Å². The van der Waals surface area contributed by atoms with E-state index in [-0.39, 0.29) is 5.41 Å². The summed E-state index contributed by atoms with van der Waals surface area (Å²) in [5, 5.41) is 1.20. The minimum absolute atomic E-state index is 0.198. The van der Waals surface area contributed by atoms with Crippen LogP contribution in [0.25, 0.3) is 10.9 Å². The van der Waals surface area contributed by atoms with Crippen molar-refractivity contribution in [2.75, 3.05) is 6.54 Å². The lowest BCUT2D eigenvalue weighted by Gasteiger charge is -2.11. The Morgan fingerprint density at radius 1 is 1.13 bits per heavy atom. The van der Waals surface area contributed by atoms with Gasteiger partial charge in [-0.15, -0.1) is 0 Å². The molecule has 3 rings (SSSR count). The maximum atomic E-state index is 5.80.